The molecule has 0 amide bonds. The standard InChI is InChI=1S/C14H16N2O3S/c1-10(15)11-7-8-16-14(9-11)19-12-3-5-13(6-4-12)20(2,17)18/h3-10H,15H2,1-2H3/t10-/m1/s1. The molecule has 2 aromatic rings. The van der Waals surface area contributed by atoms with Gasteiger partial charge in [0.25, 0.3) is 0 Å². The number of sulfone groups is 1. The number of ether oxygens (including phenoxy) is 1. The maximum Gasteiger partial charge on any atom is 0.219 e. The van der Waals surface area contributed by atoms with E-state index in [2.05, 4.69) is 4.98 Å². The van der Waals surface area contributed by atoms with Gasteiger partial charge in [0.05, 0.1) is 4.90 Å². The zero-order valence-corrected chi connectivity index (χ0v) is 12.1. The molecule has 0 radical (unpaired) electrons. The topological polar surface area (TPSA) is 82.3 Å². The molecule has 5 nitrogen and oxygen atoms in total. The van der Waals surface area contributed by atoms with E-state index in [1.165, 1.54) is 12.1 Å². The summed E-state index contributed by atoms with van der Waals surface area (Å²) < 4.78 is 28.3. The van der Waals surface area contributed by atoms with Crippen molar-refractivity contribution in [3.63, 3.8) is 0 Å². The summed E-state index contributed by atoms with van der Waals surface area (Å²) in [6.07, 6.45) is 2.79. The number of hydrogen-bond acceptors (Lipinski definition) is 5. The van der Waals surface area contributed by atoms with Crippen LogP contribution >= 0.6 is 0 Å². The first kappa shape index (κ1) is 14.5. The molecule has 0 saturated heterocycles. The second-order valence-corrected chi connectivity index (χ2v) is 6.58. The van der Waals surface area contributed by atoms with Gasteiger partial charge in [0.1, 0.15) is 5.75 Å². The van der Waals surface area contributed by atoms with E-state index in [1.54, 1.807) is 24.4 Å². The van der Waals surface area contributed by atoms with Crippen LogP contribution in [0.3, 0.4) is 0 Å². The van der Waals surface area contributed by atoms with Gasteiger partial charge in [0.15, 0.2) is 9.84 Å². The van der Waals surface area contributed by atoms with Crippen LogP contribution in [0.15, 0.2) is 47.5 Å². The molecule has 106 valence electrons. The number of benzene rings is 1. The lowest BCUT2D eigenvalue weighted by molar-refractivity contribution is 0.461. The minimum Gasteiger partial charge on any atom is -0.439 e. The van der Waals surface area contributed by atoms with Gasteiger partial charge in [0.2, 0.25) is 5.88 Å². The van der Waals surface area contributed by atoms with Crippen molar-refractivity contribution in [3.05, 3.63) is 48.2 Å². The second kappa shape index (κ2) is 5.60. The molecule has 1 atom stereocenters. The smallest absolute Gasteiger partial charge is 0.219 e. The summed E-state index contributed by atoms with van der Waals surface area (Å²) in [5, 5.41) is 0. The summed E-state index contributed by atoms with van der Waals surface area (Å²) in [5.41, 5.74) is 6.71. The third-order valence-corrected chi connectivity index (χ3v) is 3.89. The van der Waals surface area contributed by atoms with Crippen molar-refractivity contribution in [2.75, 3.05) is 6.26 Å². The first-order chi connectivity index (χ1) is 9.36. The summed E-state index contributed by atoms with van der Waals surface area (Å²) >= 11 is 0. The van der Waals surface area contributed by atoms with Gasteiger partial charge in [-0.1, -0.05) is 0 Å². The van der Waals surface area contributed by atoms with Crippen molar-refractivity contribution >= 4 is 9.84 Å². The van der Waals surface area contributed by atoms with Crippen LogP contribution in [0.5, 0.6) is 11.6 Å². The summed E-state index contributed by atoms with van der Waals surface area (Å²) in [4.78, 5) is 4.34. The highest BCUT2D eigenvalue weighted by Gasteiger charge is 2.08. The molecular weight excluding hydrogens is 276 g/mol. The normalized spacial score (nSPS) is 12.9. The van der Waals surface area contributed by atoms with Crippen molar-refractivity contribution in [2.24, 2.45) is 5.73 Å². The minimum absolute atomic E-state index is 0.104. The average Bonchev–Trinajstić information content (AvgIpc) is 2.38. The molecular formula is C14H16N2O3S. The molecule has 0 aliphatic carbocycles. The maximum absolute atomic E-state index is 11.4. The van der Waals surface area contributed by atoms with Crippen LogP contribution < -0.4 is 10.5 Å². The van der Waals surface area contributed by atoms with E-state index < -0.39 is 9.84 Å². The van der Waals surface area contributed by atoms with Crippen molar-refractivity contribution < 1.29 is 13.2 Å². The lowest BCUT2D eigenvalue weighted by Gasteiger charge is -2.09. The van der Waals surface area contributed by atoms with E-state index in [0.29, 0.717) is 11.6 Å². The predicted molar refractivity (Wildman–Crippen MR) is 76.5 cm³/mol. The van der Waals surface area contributed by atoms with Crippen molar-refractivity contribution in [1.82, 2.24) is 4.98 Å². The molecule has 0 aliphatic heterocycles. The van der Waals surface area contributed by atoms with Gasteiger partial charge in [0, 0.05) is 24.6 Å². The first-order valence-electron chi connectivity index (χ1n) is 6.06. The van der Waals surface area contributed by atoms with Crippen LogP contribution in [-0.2, 0) is 9.84 Å². The van der Waals surface area contributed by atoms with Crippen LogP contribution in [0.4, 0.5) is 0 Å². The van der Waals surface area contributed by atoms with Crippen LogP contribution in [-0.4, -0.2) is 19.7 Å². The van der Waals surface area contributed by atoms with E-state index in [9.17, 15) is 8.42 Å². The molecule has 0 aliphatic rings. The molecule has 0 unspecified atom stereocenters. The third-order valence-electron chi connectivity index (χ3n) is 2.76. The second-order valence-electron chi connectivity index (χ2n) is 4.56. The molecule has 2 N–H and O–H groups in total. The summed E-state index contributed by atoms with van der Waals surface area (Å²) in [5.74, 6) is 0.943. The average molecular weight is 292 g/mol. The van der Waals surface area contributed by atoms with Crippen LogP contribution in [0, 0.1) is 0 Å². The predicted octanol–water partition coefficient (Wildman–Crippen LogP) is 2.30. The highest BCUT2D eigenvalue weighted by molar-refractivity contribution is 7.90. The largest absolute Gasteiger partial charge is 0.439 e. The molecule has 0 spiro atoms. The molecule has 2 rings (SSSR count). The van der Waals surface area contributed by atoms with Gasteiger partial charge >= 0.3 is 0 Å². The molecule has 1 aromatic carbocycles. The summed E-state index contributed by atoms with van der Waals surface area (Å²) in [7, 11) is -3.20. The number of rotatable bonds is 4. The summed E-state index contributed by atoms with van der Waals surface area (Å²) in [6.45, 7) is 1.88. The molecule has 1 heterocycles. The number of nitrogens with two attached hydrogens (primary N) is 1. The zero-order valence-electron chi connectivity index (χ0n) is 11.3. The van der Waals surface area contributed by atoms with Crippen molar-refractivity contribution in [1.29, 1.82) is 0 Å². The van der Waals surface area contributed by atoms with Crippen LogP contribution in [0.2, 0.25) is 0 Å². The number of hydrogen-bond donors (Lipinski definition) is 1. The Balaban J connectivity index is 2.20. The Kier molecular flexibility index (Phi) is 4.06. The van der Waals surface area contributed by atoms with Gasteiger partial charge in [-0.05, 0) is 42.8 Å². The Labute approximate surface area is 118 Å². The monoisotopic (exact) mass is 292 g/mol. The highest BCUT2D eigenvalue weighted by Crippen LogP contribution is 2.23. The van der Waals surface area contributed by atoms with Crippen LogP contribution in [0.1, 0.15) is 18.5 Å². The Morgan fingerprint density at radius 1 is 1.20 bits per heavy atom. The van der Waals surface area contributed by atoms with E-state index in [0.717, 1.165) is 11.8 Å². The highest BCUT2D eigenvalue weighted by atomic mass is 32.2. The Morgan fingerprint density at radius 2 is 1.85 bits per heavy atom. The first-order valence-corrected chi connectivity index (χ1v) is 7.95. The molecule has 6 heteroatoms. The van der Waals surface area contributed by atoms with Crippen molar-refractivity contribution in [2.45, 2.75) is 17.9 Å². The number of nitrogens with zero attached hydrogens (tertiary/aromatic N) is 1. The number of pyridine rings is 1. The third kappa shape index (κ3) is 3.55. The molecule has 20 heavy (non-hydrogen) atoms. The van der Waals surface area contributed by atoms with E-state index in [1.807, 2.05) is 13.0 Å². The Morgan fingerprint density at radius 3 is 2.40 bits per heavy atom. The summed E-state index contributed by atoms with van der Waals surface area (Å²) in [6, 6.07) is 9.67. The van der Waals surface area contributed by atoms with Crippen LogP contribution in [0.25, 0.3) is 0 Å². The lowest BCUT2D eigenvalue weighted by Crippen LogP contribution is -2.05. The molecule has 1 aromatic heterocycles. The zero-order chi connectivity index (χ0) is 14.8. The molecule has 0 bridgehead atoms. The Hall–Kier alpha value is -1.92. The Bertz CT molecular complexity index is 695. The quantitative estimate of drug-likeness (QED) is 0.935. The van der Waals surface area contributed by atoms with Gasteiger partial charge in [-0.15, -0.1) is 0 Å². The van der Waals surface area contributed by atoms with Gasteiger partial charge in [-0.3, -0.25) is 0 Å². The molecule has 0 fully saturated rings. The van der Waals surface area contributed by atoms with E-state index in [-0.39, 0.29) is 10.9 Å². The van der Waals surface area contributed by atoms with Gasteiger partial charge in [-0.2, -0.15) is 0 Å². The minimum atomic E-state index is -3.20. The SMILES string of the molecule is C[C@@H](N)c1ccnc(Oc2ccc(S(C)(=O)=O)cc2)c1. The fourth-order valence-corrected chi connectivity index (χ4v) is 2.27. The van der Waals surface area contributed by atoms with Gasteiger partial charge in [-0.25, -0.2) is 13.4 Å². The molecule has 0 saturated carbocycles. The fraction of sp³-hybridized carbons (Fsp3) is 0.214. The van der Waals surface area contributed by atoms with Crippen molar-refractivity contribution in [3.8, 4) is 11.6 Å². The fourth-order valence-electron chi connectivity index (χ4n) is 1.64. The lowest BCUT2D eigenvalue weighted by atomic mass is 10.1. The van der Waals surface area contributed by atoms with E-state index in [4.69, 9.17) is 10.5 Å². The maximum atomic E-state index is 11.4. The van der Waals surface area contributed by atoms with E-state index >= 15 is 0 Å². The van der Waals surface area contributed by atoms with Gasteiger partial charge < -0.3 is 10.5 Å². The number of aromatic nitrogens is 1.